The van der Waals surface area contributed by atoms with Crippen LogP contribution in [0.5, 0.6) is 0 Å². The van der Waals surface area contributed by atoms with E-state index in [0.29, 0.717) is 5.69 Å². The third-order valence-electron chi connectivity index (χ3n) is 6.13. The van der Waals surface area contributed by atoms with E-state index in [1.165, 1.54) is 11.9 Å². The second-order valence-electron chi connectivity index (χ2n) is 8.91. The van der Waals surface area contributed by atoms with Gasteiger partial charge < -0.3 is 10.2 Å². The van der Waals surface area contributed by atoms with Gasteiger partial charge in [-0.05, 0) is 62.6 Å². The summed E-state index contributed by atoms with van der Waals surface area (Å²) in [5.41, 5.74) is 3.78. The molecule has 8 heteroatoms. The standard InChI is InChI=1S/C28H33N3O4S/c1-20-12-15-25(16-13-20)36(34,35)31(26-17-21(2)11-14-22(26)3)19-27(32)30(23(4)28(33)29-5)18-24-9-7-6-8-10-24/h6-17,23H,18-19H2,1-5H3,(H,29,33). The van der Waals surface area contributed by atoms with Crippen LogP contribution in [0, 0.1) is 20.8 Å². The van der Waals surface area contributed by atoms with Crippen molar-refractivity contribution in [3.63, 3.8) is 0 Å². The lowest BCUT2D eigenvalue weighted by Crippen LogP contribution is -2.50. The van der Waals surface area contributed by atoms with Crippen molar-refractivity contribution in [1.29, 1.82) is 0 Å². The minimum absolute atomic E-state index is 0.0933. The highest BCUT2D eigenvalue weighted by Gasteiger charge is 2.33. The molecular weight excluding hydrogens is 474 g/mol. The molecule has 0 spiro atoms. The van der Waals surface area contributed by atoms with Crippen LogP contribution < -0.4 is 9.62 Å². The fraction of sp³-hybridized carbons (Fsp3) is 0.286. The number of rotatable bonds is 9. The lowest BCUT2D eigenvalue weighted by Gasteiger charge is -2.32. The summed E-state index contributed by atoms with van der Waals surface area (Å²) in [5.74, 6) is -0.814. The molecule has 0 aliphatic rings. The molecule has 0 aliphatic heterocycles. The number of carbonyl (C=O) groups is 2. The van der Waals surface area contributed by atoms with E-state index < -0.39 is 28.5 Å². The zero-order chi connectivity index (χ0) is 26.5. The van der Waals surface area contributed by atoms with Crippen LogP contribution in [0.3, 0.4) is 0 Å². The van der Waals surface area contributed by atoms with Gasteiger partial charge >= 0.3 is 0 Å². The maximum atomic E-state index is 13.9. The highest BCUT2D eigenvalue weighted by Crippen LogP contribution is 2.28. The summed E-state index contributed by atoms with van der Waals surface area (Å²) < 4.78 is 28.9. The molecule has 36 heavy (non-hydrogen) atoms. The SMILES string of the molecule is CNC(=O)C(C)N(Cc1ccccc1)C(=O)CN(c1cc(C)ccc1C)S(=O)(=O)c1ccc(C)cc1. The maximum absolute atomic E-state index is 13.9. The number of hydrogen-bond donors (Lipinski definition) is 1. The Morgan fingerprint density at radius 1 is 0.889 bits per heavy atom. The zero-order valence-corrected chi connectivity index (χ0v) is 22.2. The van der Waals surface area contributed by atoms with Crippen molar-refractivity contribution in [2.24, 2.45) is 0 Å². The number of benzene rings is 3. The Kier molecular flexibility index (Phi) is 8.53. The Balaban J connectivity index is 2.07. The molecule has 190 valence electrons. The minimum atomic E-state index is -4.08. The molecule has 0 bridgehead atoms. The Labute approximate surface area is 213 Å². The van der Waals surface area contributed by atoms with Crippen LogP contribution in [0.15, 0.2) is 77.7 Å². The van der Waals surface area contributed by atoms with Crippen molar-refractivity contribution in [1.82, 2.24) is 10.2 Å². The van der Waals surface area contributed by atoms with Gasteiger partial charge in [-0.25, -0.2) is 8.42 Å². The van der Waals surface area contributed by atoms with Crippen LogP contribution in [-0.2, 0) is 26.2 Å². The summed E-state index contributed by atoms with van der Waals surface area (Å²) in [6.07, 6.45) is 0. The summed E-state index contributed by atoms with van der Waals surface area (Å²) >= 11 is 0. The monoisotopic (exact) mass is 507 g/mol. The molecule has 0 fully saturated rings. The molecule has 3 aromatic rings. The van der Waals surface area contributed by atoms with Crippen LogP contribution >= 0.6 is 0 Å². The average Bonchev–Trinajstić information content (AvgIpc) is 2.87. The highest BCUT2D eigenvalue weighted by molar-refractivity contribution is 7.92. The summed E-state index contributed by atoms with van der Waals surface area (Å²) in [5, 5.41) is 2.58. The molecule has 1 N–H and O–H groups in total. The number of amides is 2. The second-order valence-corrected chi connectivity index (χ2v) is 10.8. The van der Waals surface area contributed by atoms with E-state index in [2.05, 4.69) is 5.32 Å². The molecule has 0 aromatic heterocycles. The van der Waals surface area contributed by atoms with Gasteiger partial charge in [0.1, 0.15) is 12.6 Å². The average molecular weight is 508 g/mol. The van der Waals surface area contributed by atoms with Gasteiger partial charge in [-0.15, -0.1) is 0 Å². The van der Waals surface area contributed by atoms with E-state index in [9.17, 15) is 18.0 Å². The molecule has 1 unspecified atom stereocenters. The Morgan fingerprint density at radius 2 is 1.50 bits per heavy atom. The van der Waals surface area contributed by atoms with E-state index in [1.807, 2.05) is 63.2 Å². The highest BCUT2D eigenvalue weighted by atomic mass is 32.2. The molecule has 0 radical (unpaired) electrons. The molecule has 0 saturated heterocycles. The molecule has 1 atom stereocenters. The summed E-state index contributed by atoms with van der Waals surface area (Å²) in [6, 6.07) is 20.5. The topological polar surface area (TPSA) is 86.8 Å². The first-order chi connectivity index (χ1) is 17.0. The maximum Gasteiger partial charge on any atom is 0.264 e. The fourth-order valence-corrected chi connectivity index (χ4v) is 5.38. The van der Waals surface area contributed by atoms with Crippen LogP contribution in [0.1, 0.15) is 29.2 Å². The predicted octanol–water partition coefficient (Wildman–Crippen LogP) is 3.97. The van der Waals surface area contributed by atoms with Crippen molar-refractivity contribution >= 4 is 27.5 Å². The third-order valence-corrected chi connectivity index (χ3v) is 7.90. The van der Waals surface area contributed by atoms with Gasteiger partial charge in [0.2, 0.25) is 11.8 Å². The van der Waals surface area contributed by atoms with Crippen LogP contribution in [0.4, 0.5) is 5.69 Å². The molecule has 0 heterocycles. The Hall–Kier alpha value is -3.65. The van der Waals surface area contributed by atoms with E-state index in [0.717, 1.165) is 26.6 Å². The molecule has 0 saturated carbocycles. The van der Waals surface area contributed by atoms with E-state index >= 15 is 0 Å². The van der Waals surface area contributed by atoms with Gasteiger partial charge in [-0.2, -0.15) is 0 Å². The van der Waals surface area contributed by atoms with E-state index in [-0.39, 0.29) is 17.3 Å². The summed E-state index contributed by atoms with van der Waals surface area (Å²) in [6.45, 7) is 6.91. The molecule has 2 amide bonds. The normalized spacial score (nSPS) is 12.0. The first-order valence-corrected chi connectivity index (χ1v) is 13.2. The van der Waals surface area contributed by atoms with Crippen molar-refractivity contribution < 1.29 is 18.0 Å². The van der Waals surface area contributed by atoms with Crippen molar-refractivity contribution in [3.8, 4) is 0 Å². The van der Waals surface area contributed by atoms with E-state index in [4.69, 9.17) is 0 Å². The molecule has 3 aromatic carbocycles. The smallest absolute Gasteiger partial charge is 0.264 e. The summed E-state index contributed by atoms with van der Waals surface area (Å²) in [7, 11) is -2.57. The predicted molar refractivity (Wildman–Crippen MR) is 142 cm³/mol. The minimum Gasteiger partial charge on any atom is -0.357 e. The number of carbonyl (C=O) groups excluding carboxylic acids is 2. The first kappa shape index (κ1) is 26.9. The van der Waals surface area contributed by atoms with Gasteiger partial charge in [-0.3, -0.25) is 13.9 Å². The second kappa shape index (κ2) is 11.4. The van der Waals surface area contributed by atoms with Crippen molar-refractivity contribution in [3.05, 3.63) is 95.1 Å². The fourth-order valence-electron chi connectivity index (χ4n) is 3.91. The van der Waals surface area contributed by atoms with Gasteiger partial charge in [0.25, 0.3) is 10.0 Å². The van der Waals surface area contributed by atoms with Crippen LogP contribution in [0.2, 0.25) is 0 Å². The molecule has 3 rings (SSSR count). The quantitative estimate of drug-likeness (QED) is 0.475. The number of likely N-dealkylation sites (N-methyl/N-ethyl adjacent to an activating group) is 1. The number of nitrogens with one attached hydrogen (secondary N) is 1. The number of anilines is 1. The van der Waals surface area contributed by atoms with Gasteiger partial charge in [0, 0.05) is 13.6 Å². The molecular formula is C28H33N3O4S. The lowest BCUT2D eigenvalue weighted by molar-refractivity contribution is -0.139. The van der Waals surface area contributed by atoms with E-state index in [1.54, 1.807) is 37.3 Å². The largest absolute Gasteiger partial charge is 0.357 e. The molecule has 0 aliphatic carbocycles. The van der Waals surface area contributed by atoms with Gasteiger partial charge in [0.15, 0.2) is 0 Å². The number of aryl methyl sites for hydroxylation is 3. The third kappa shape index (κ3) is 6.12. The Morgan fingerprint density at radius 3 is 2.11 bits per heavy atom. The number of nitrogens with zero attached hydrogens (tertiary/aromatic N) is 2. The first-order valence-electron chi connectivity index (χ1n) is 11.8. The van der Waals surface area contributed by atoms with Crippen molar-refractivity contribution in [2.75, 3.05) is 17.9 Å². The van der Waals surface area contributed by atoms with Gasteiger partial charge in [-0.1, -0.05) is 60.2 Å². The van der Waals surface area contributed by atoms with Crippen LogP contribution in [0.25, 0.3) is 0 Å². The summed E-state index contributed by atoms with van der Waals surface area (Å²) in [4.78, 5) is 27.8. The van der Waals surface area contributed by atoms with Crippen LogP contribution in [-0.4, -0.2) is 44.8 Å². The number of sulfonamides is 1. The van der Waals surface area contributed by atoms with Crippen molar-refractivity contribution in [2.45, 2.75) is 45.2 Å². The Bertz CT molecular complexity index is 1320. The number of hydrogen-bond acceptors (Lipinski definition) is 4. The lowest BCUT2D eigenvalue weighted by atomic mass is 10.1. The van der Waals surface area contributed by atoms with Gasteiger partial charge in [0.05, 0.1) is 10.6 Å². The zero-order valence-electron chi connectivity index (χ0n) is 21.4. The molecule has 7 nitrogen and oxygen atoms in total.